The summed E-state index contributed by atoms with van der Waals surface area (Å²) < 4.78 is 0. The molecule has 4 nitrogen and oxygen atoms in total. The first-order chi connectivity index (χ1) is 10.2. The molecule has 118 valence electrons. The topological polar surface area (TPSA) is 31.4 Å². The predicted molar refractivity (Wildman–Crippen MR) is 88.2 cm³/mol. The fourth-order valence-corrected chi connectivity index (χ4v) is 2.36. The highest BCUT2D eigenvalue weighted by atomic mass is 15.2. The molecule has 1 aromatic rings. The van der Waals surface area contributed by atoms with Crippen LogP contribution in [-0.4, -0.2) is 54.6 Å². The lowest BCUT2D eigenvalue weighted by atomic mass is 10.2. The number of aromatic nitrogens is 1. The van der Waals surface area contributed by atoms with Gasteiger partial charge >= 0.3 is 0 Å². The maximum Gasteiger partial charge on any atom is 0.0544 e. The van der Waals surface area contributed by atoms with Crippen molar-refractivity contribution in [3.63, 3.8) is 0 Å². The lowest BCUT2D eigenvalue weighted by molar-refractivity contribution is 0.232. The molecule has 0 aliphatic heterocycles. The minimum Gasteiger partial charge on any atom is -0.310 e. The molecule has 0 bridgehead atoms. The van der Waals surface area contributed by atoms with Crippen molar-refractivity contribution in [2.45, 2.75) is 45.3 Å². The summed E-state index contributed by atoms with van der Waals surface area (Å²) in [7, 11) is 4.26. The molecule has 1 aromatic heterocycles. The fraction of sp³-hybridized carbons (Fsp3) is 0.706. The normalized spacial score (nSPS) is 15.1. The van der Waals surface area contributed by atoms with Crippen molar-refractivity contribution in [2.75, 3.05) is 33.7 Å². The van der Waals surface area contributed by atoms with Crippen molar-refractivity contribution in [2.24, 2.45) is 0 Å². The third-order valence-electron chi connectivity index (χ3n) is 3.85. The van der Waals surface area contributed by atoms with Crippen molar-refractivity contribution in [1.29, 1.82) is 0 Å². The van der Waals surface area contributed by atoms with E-state index in [9.17, 15) is 0 Å². The molecule has 2 rings (SSSR count). The Labute approximate surface area is 129 Å². The third-order valence-corrected chi connectivity index (χ3v) is 3.85. The van der Waals surface area contributed by atoms with Crippen LogP contribution in [0.3, 0.4) is 0 Å². The van der Waals surface area contributed by atoms with E-state index in [-0.39, 0.29) is 0 Å². The van der Waals surface area contributed by atoms with Crippen LogP contribution in [0.25, 0.3) is 0 Å². The summed E-state index contributed by atoms with van der Waals surface area (Å²) in [6.07, 6.45) is 5.89. The Bertz CT molecular complexity index is 398. The van der Waals surface area contributed by atoms with Crippen LogP contribution in [0.15, 0.2) is 18.3 Å². The number of nitrogens with one attached hydrogen (secondary N) is 1. The van der Waals surface area contributed by atoms with Crippen LogP contribution in [0, 0.1) is 0 Å². The summed E-state index contributed by atoms with van der Waals surface area (Å²) in [6, 6.07) is 5.16. The molecular formula is C17H30N4. The Morgan fingerprint density at radius 1 is 1.19 bits per heavy atom. The molecule has 0 spiro atoms. The van der Waals surface area contributed by atoms with Gasteiger partial charge in [-0.2, -0.15) is 0 Å². The van der Waals surface area contributed by atoms with Crippen molar-refractivity contribution in [3.05, 3.63) is 29.6 Å². The SMILES string of the molecule is CCCN(CCN(C)C)Cc1ccc(CNC2CC2)cn1. The maximum absolute atomic E-state index is 4.63. The molecule has 0 unspecified atom stereocenters. The second-order valence-electron chi connectivity index (χ2n) is 6.39. The molecular weight excluding hydrogens is 260 g/mol. The molecule has 1 heterocycles. The lowest BCUT2D eigenvalue weighted by Gasteiger charge is -2.23. The molecule has 0 saturated heterocycles. The molecule has 1 fully saturated rings. The summed E-state index contributed by atoms with van der Waals surface area (Å²) in [6.45, 7) is 7.50. The van der Waals surface area contributed by atoms with Gasteiger partial charge < -0.3 is 10.2 Å². The number of rotatable bonds is 10. The molecule has 1 N–H and O–H groups in total. The number of likely N-dealkylation sites (N-methyl/N-ethyl adjacent to an activating group) is 1. The van der Waals surface area contributed by atoms with Gasteiger partial charge in [-0.1, -0.05) is 13.0 Å². The quantitative estimate of drug-likeness (QED) is 0.715. The first-order valence-corrected chi connectivity index (χ1v) is 8.21. The van der Waals surface area contributed by atoms with Gasteiger partial charge in [0.2, 0.25) is 0 Å². The second-order valence-corrected chi connectivity index (χ2v) is 6.39. The van der Waals surface area contributed by atoms with Crippen LogP contribution < -0.4 is 5.32 Å². The minimum absolute atomic E-state index is 0.760. The molecule has 1 aliphatic rings. The highest BCUT2D eigenvalue weighted by molar-refractivity contribution is 5.14. The van der Waals surface area contributed by atoms with E-state index in [1.54, 1.807) is 0 Å². The largest absolute Gasteiger partial charge is 0.310 e. The van der Waals surface area contributed by atoms with Crippen LogP contribution in [0.1, 0.15) is 37.4 Å². The van der Waals surface area contributed by atoms with Gasteiger partial charge in [0.25, 0.3) is 0 Å². The van der Waals surface area contributed by atoms with E-state index in [1.807, 2.05) is 6.20 Å². The predicted octanol–water partition coefficient (Wildman–Crippen LogP) is 2.11. The van der Waals surface area contributed by atoms with Gasteiger partial charge in [-0.25, -0.2) is 0 Å². The van der Waals surface area contributed by atoms with Crippen molar-refractivity contribution >= 4 is 0 Å². The lowest BCUT2D eigenvalue weighted by Crippen LogP contribution is -2.32. The van der Waals surface area contributed by atoms with Crippen LogP contribution in [0.2, 0.25) is 0 Å². The van der Waals surface area contributed by atoms with E-state index in [4.69, 9.17) is 0 Å². The maximum atomic E-state index is 4.63. The molecule has 0 amide bonds. The number of hydrogen-bond donors (Lipinski definition) is 1. The van der Waals surface area contributed by atoms with Crippen LogP contribution in [-0.2, 0) is 13.1 Å². The van der Waals surface area contributed by atoms with Crippen molar-refractivity contribution < 1.29 is 0 Å². The summed E-state index contributed by atoms with van der Waals surface area (Å²) in [5.74, 6) is 0. The van der Waals surface area contributed by atoms with E-state index in [0.717, 1.165) is 38.8 Å². The smallest absolute Gasteiger partial charge is 0.0544 e. The first kappa shape index (κ1) is 16.4. The standard InChI is InChI=1S/C17H30N4/c1-4-9-21(11-10-20(2)3)14-17-6-5-15(13-19-17)12-18-16-7-8-16/h5-6,13,16,18H,4,7-12,14H2,1-3H3. The van der Waals surface area contributed by atoms with E-state index in [0.29, 0.717) is 0 Å². The molecule has 0 atom stereocenters. The number of nitrogens with zero attached hydrogens (tertiary/aromatic N) is 3. The zero-order chi connectivity index (χ0) is 15.1. The van der Waals surface area contributed by atoms with Gasteiger partial charge in [0.1, 0.15) is 0 Å². The van der Waals surface area contributed by atoms with Crippen LogP contribution in [0.5, 0.6) is 0 Å². The summed E-state index contributed by atoms with van der Waals surface area (Å²) in [5, 5.41) is 3.53. The minimum atomic E-state index is 0.760. The van der Waals surface area contributed by atoms with E-state index in [1.165, 1.54) is 30.5 Å². The molecule has 21 heavy (non-hydrogen) atoms. The Hall–Kier alpha value is -0.970. The number of hydrogen-bond acceptors (Lipinski definition) is 4. The average molecular weight is 290 g/mol. The monoisotopic (exact) mass is 290 g/mol. The van der Waals surface area contributed by atoms with Gasteiger partial charge in [0, 0.05) is 38.4 Å². The first-order valence-electron chi connectivity index (χ1n) is 8.21. The van der Waals surface area contributed by atoms with Gasteiger partial charge in [-0.05, 0) is 51.5 Å². The summed E-state index contributed by atoms with van der Waals surface area (Å²) >= 11 is 0. The molecule has 4 heteroatoms. The summed E-state index contributed by atoms with van der Waals surface area (Å²) in [5.41, 5.74) is 2.47. The zero-order valence-corrected chi connectivity index (χ0v) is 13.8. The highest BCUT2D eigenvalue weighted by Crippen LogP contribution is 2.19. The second kappa shape index (κ2) is 8.47. The van der Waals surface area contributed by atoms with Gasteiger partial charge in [0.15, 0.2) is 0 Å². The van der Waals surface area contributed by atoms with Gasteiger partial charge in [-0.3, -0.25) is 9.88 Å². The summed E-state index contributed by atoms with van der Waals surface area (Å²) in [4.78, 5) is 9.36. The van der Waals surface area contributed by atoms with E-state index >= 15 is 0 Å². The van der Waals surface area contributed by atoms with Crippen LogP contribution in [0.4, 0.5) is 0 Å². The van der Waals surface area contributed by atoms with Crippen molar-refractivity contribution in [1.82, 2.24) is 20.1 Å². The average Bonchev–Trinajstić information content (AvgIpc) is 3.28. The Morgan fingerprint density at radius 2 is 2.00 bits per heavy atom. The van der Waals surface area contributed by atoms with Gasteiger partial charge in [0.05, 0.1) is 5.69 Å². The third kappa shape index (κ3) is 6.55. The highest BCUT2D eigenvalue weighted by Gasteiger charge is 2.19. The Kier molecular flexibility index (Phi) is 6.61. The molecule has 1 aliphatic carbocycles. The zero-order valence-electron chi connectivity index (χ0n) is 13.8. The van der Waals surface area contributed by atoms with Gasteiger partial charge in [-0.15, -0.1) is 0 Å². The fourth-order valence-electron chi connectivity index (χ4n) is 2.36. The Morgan fingerprint density at radius 3 is 2.57 bits per heavy atom. The molecule has 0 aromatic carbocycles. The molecule has 1 saturated carbocycles. The molecule has 0 radical (unpaired) electrons. The van der Waals surface area contributed by atoms with Crippen LogP contribution >= 0.6 is 0 Å². The number of pyridine rings is 1. The van der Waals surface area contributed by atoms with Crippen molar-refractivity contribution in [3.8, 4) is 0 Å². The van der Waals surface area contributed by atoms with E-state index in [2.05, 4.69) is 53.3 Å². The van der Waals surface area contributed by atoms with E-state index < -0.39 is 0 Å². The Balaban J connectivity index is 1.80.